The zero-order valence-corrected chi connectivity index (χ0v) is 14.4. The molecule has 0 unspecified atom stereocenters. The smallest absolute Gasteiger partial charge is 0.322 e. The van der Waals surface area contributed by atoms with Crippen molar-refractivity contribution >= 4 is 11.7 Å². The second-order valence-corrected chi connectivity index (χ2v) is 6.03. The van der Waals surface area contributed by atoms with Crippen LogP contribution < -0.4 is 14.8 Å². The van der Waals surface area contributed by atoms with Crippen LogP contribution in [0.4, 0.5) is 14.9 Å². The van der Waals surface area contributed by atoms with Crippen LogP contribution in [0.1, 0.15) is 11.3 Å². The van der Waals surface area contributed by atoms with Gasteiger partial charge in [0.05, 0.1) is 18.5 Å². The van der Waals surface area contributed by atoms with Gasteiger partial charge in [-0.15, -0.1) is 0 Å². The molecule has 0 bridgehead atoms. The number of ether oxygens (including phenoxy) is 2. The number of rotatable bonds is 5. The SMILES string of the molecule is O=C(Nc1ccccc1F)N(Cc1ccc2c(c1)OCO2)Cc1ccco1. The lowest BCUT2D eigenvalue weighted by molar-refractivity contribution is 0.174. The number of carbonyl (C=O) groups is 1. The van der Waals surface area contributed by atoms with Crippen molar-refractivity contribution in [2.45, 2.75) is 13.1 Å². The topological polar surface area (TPSA) is 63.9 Å². The lowest BCUT2D eigenvalue weighted by atomic mass is 10.2. The van der Waals surface area contributed by atoms with Crippen LogP contribution in [0, 0.1) is 5.82 Å². The van der Waals surface area contributed by atoms with Gasteiger partial charge in [0.2, 0.25) is 6.79 Å². The Morgan fingerprint density at radius 3 is 2.70 bits per heavy atom. The van der Waals surface area contributed by atoms with E-state index in [0.29, 0.717) is 17.3 Å². The minimum absolute atomic E-state index is 0.123. The van der Waals surface area contributed by atoms with E-state index in [1.54, 1.807) is 36.6 Å². The third-order valence-electron chi connectivity index (χ3n) is 4.14. The van der Waals surface area contributed by atoms with Gasteiger partial charge in [-0.05, 0) is 42.0 Å². The number of halogens is 1. The molecule has 1 aromatic heterocycles. The number of anilines is 1. The predicted molar refractivity (Wildman–Crippen MR) is 95.9 cm³/mol. The first kappa shape index (κ1) is 17.0. The average molecular weight is 368 g/mol. The van der Waals surface area contributed by atoms with Gasteiger partial charge in [0.15, 0.2) is 11.5 Å². The number of nitrogens with zero attached hydrogens (tertiary/aromatic N) is 1. The molecule has 2 heterocycles. The van der Waals surface area contributed by atoms with Gasteiger partial charge >= 0.3 is 6.03 Å². The zero-order valence-electron chi connectivity index (χ0n) is 14.4. The van der Waals surface area contributed by atoms with E-state index in [-0.39, 0.29) is 25.6 Å². The molecule has 3 aromatic rings. The normalized spacial score (nSPS) is 12.0. The summed E-state index contributed by atoms with van der Waals surface area (Å²) < 4.78 is 29.9. The van der Waals surface area contributed by atoms with Gasteiger partial charge in [-0.2, -0.15) is 0 Å². The van der Waals surface area contributed by atoms with Crippen LogP contribution in [0.15, 0.2) is 65.3 Å². The highest BCUT2D eigenvalue weighted by Gasteiger charge is 2.19. The second-order valence-electron chi connectivity index (χ2n) is 6.03. The van der Waals surface area contributed by atoms with E-state index in [1.165, 1.54) is 17.0 Å². The third kappa shape index (κ3) is 3.87. The fraction of sp³-hybridized carbons (Fsp3) is 0.150. The summed E-state index contributed by atoms with van der Waals surface area (Å²) in [5.74, 6) is 1.44. The van der Waals surface area contributed by atoms with Crippen LogP contribution in [0.25, 0.3) is 0 Å². The summed E-state index contributed by atoms with van der Waals surface area (Å²) in [4.78, 5) is 14.3. The second kappa shape index (κ2) is 7.41. The molecule has 6 nitrogen and oxygen atoms in total. The van der Waals surface area contributed by atoms with Crippen molar-refractivity contribution in [1.29, 1.82) is 0 Å². The predicted octanol–water partition coefficient (Wildman–Crippen LogP) is 4.38. The van der Waals surface area contributed by atoms with E-state index in [1.807, 2.05) is 12.1 Å². The summed E-state index contributed by atoms with van der Waals surface area (Å²) in [5, 5.41) is 2.61. The maximum Gasteiger partial charge on any atom is 0.322 e. The molecule has 1 aliphatic heterocycles. The third-order valence-corrected chi connectivity index (χ3v) is 4.14. The average Bonchev–Trinajstić information content (AvgIpc) is 3.34. The molecule has 2 aromatic carbocycles. The largest absolute Gasteiger partial charge is 0.467 e. The minimum atomic E-state index is -0.494. The maximum atomic E-state index is 13.9. The van der Waals surface area contributed by atoms with Gasteiger partial charge in [-0.25, -0.2) is 9.18 Å². The first-order valence-electron chi connectivity index (χ1n) is 8.40. The first-order valence-corrected chi connectivity index (χ1v) is 8.40. The molecule has 0 saturated heterocycles. The highest BCUT2D eigenvalue weighted by atomic mass is 19.1. The molecule has 0 atom stereocenters. The summed E-state index contributed by atoms with van der Waals surface area (Å²) in [6.07, 6.45) is 1.54. The highest BCUT2D eigenvalue weighted by molar-refractivity contribution is 5.89. The van der Waals surface area contributed by atoms with E-state index in [4.69, 9.17) is 13.9 Å². The van der Waals surface area contributed by atoms with Crippen molar-refractivity contribution in [3.8, 4) is 11.5 Å². The van der Waals surface area contributed by atoms with Crippen LogP contribution in [-0.2, 0) is 13.1 Å². The number of benzene rings is 2. The van der Waals surface area contributed by atoms with E-state index >= 15 is 0 Å². The molecular weight excluding hydrogens is 351 g/mol. The van der Waals surface area contributed by atoms with Crippen LogP contribution >= 0.6 is 0 Å². The van der Waals surface area contributed by atoms with Crippen molar-refractivity contribution in [3.63, 3.8) is 0 Å². The molecule has 0 radical (unpaired) electrons. The lowest BCUT2D eigenvalue weighted by Crippen LogP contribution is -2.34. The number of para-hydroxylation sites is 1. The zero-order chi connectivity index (χ0) is 18.6. The van der Waals surface area contributed by atoms with Gasteiger partial charge in [0.25, 0.3) is 0 Å². The number of fused-ring (bicyclic) bond motifs is 1. The molecule has 27 heavy (non-hydrogen) atoms. The van der Waals surface area contributed by atoms with Crippen LogP contribution in [0.2, 0.25) is 0 Å². The van der Waals surface area contributed by atoms with Crippen molar-refractivity contribution < 1.29 is 23.1 Å². The van der Waals surface area contributed by atoms with Crippen LogP contribution in [-0.4, -0.2) is 17.7 Å². The highest BCUT2D eigenvalue weighted by Crippen LogP contribution is 2.33. The Bertz CT molecular complexity index is 943. The molecule has 0 spiro atoms. The molecule has 7 heteroatoms. The Kier molecular flexibility index (Phi) is 4.65. The molecule has 1 aliphatic rings. The van der Waals surface area contributed by atoms with Gasteiger partial charge in [0.1, 0.15) is 11.6 Å². The number of hydrogen-bond acceptors (Lipinski definition) is 4. The first-order chi connectivity index (χ1) is 13.2. The number of hydrogen-bond donors (Lipinski definition) is 1. The Labute approximate surface area is 155 Å². The van der Waals surface area contributed by atoms with Gasteiger partial charge in [-0.3, -0.25) is 0 Å². The summed E-state index contributed by atoms with van der Waals surface area (Å²) >= 11 is 0. The number of amides is 2. The molecule has 0 aliphatic carbocycles. The summed E-state index contributed by atoms with van der Waals surface area (Å²) in [6, 6.07) is 14.6. The fourth-order valence-corrected chi connectivity index (χ4v) is 2.81. The van der Waals surface area contributed by atoms with Crippen LogP contribution in [0.5, 0.6) is 11.5 Å². The molecular formula is C20H17FN2O4. The number of furan rings is 1. The Hall–Kier alpha value is -3.48. The van der Waals surface area contributed by atoms with Crippen LogP contribution in [0.3, 0.4) is 0 Å². The van der Waals surface area contributed by atoms with Crippen molar-refractivity contribution in [2.24, 2.45) is 0 Å². The summed E-state index contributed by atoms with van der Waals surface area (Å²) in [6.45, 7) is 0.710. The molecule has 4 rings (SSSR count). The van der Waals surface area contributed by atoms with Crippen molar-refractivity contribution in [3.05, 3.63) is 78.0 Å². The standard InChI is InChI=1S/C20H17FN2O4/c21-16-5-1-2-6-17(16)22-20(24)23(12-15-4-3-9-25-15)11-14-7-8-18-19(10-14)27-13-26-18/h1-10H,11-13H2,(H,22,24). The van der Waals surface area contributed by atoms with E-state index in [2.05, 4.69) is 5.32 Å². The number of nitrogens with one attached hydrogen (secondary N) is 1. The molecule has 1 N–H and O–H groups in total. The monoisotopic (exact) mass is 368 g/mol. The molecule has 138 valence electrons. The van der Waals surface area contributed by atoms with E-state index < -0.39 is 11.8 Å². The Balaban J connectivity index is 1.55. The van der Waals surface area contributed by atoms with E-state index in [9.17, 15) is 9.18 Å². The molecule has 0 saturated carbocycles. The maximum absolute atomic E-state index is 13.9. The summed E-state index contributed by atoms with van der Waals surface area (Å²) in [5.41, 5.74) is 0.979. The quantitative estimate of drug-likeness (QED) is 0.726. The molecule has 2 amide bonds. The van der Waals surface area contributed by atoms with Crippen molar-refractivity contribution in [1.82, 2.24) is 4.90 Å². The fourth-order valence-electron chi connectivity index (χ4n) is 2.81. The lowest BCUT2D eigenvalue weighted by Gasteiger charge is -2.22. The Morgan fingerprint density at radius 2 is 1.89 bits per heavy atom. The van der Waals surface area contributed by atoms with Gasteiger partial charge in [-0.1, -0.05) is 18.2 Å². The van der Waals surface area contributed by atoms with Gasteiger partial charge in [0, 0.05) is 6.54 Å². The van der Waals surface area contributed by atoms with E-state index in [0.717, 1.165) is 5.56 Å². The number of carbonyl (C=O) groups excluding carboxylic acids is 1. The number of urea groups is 1. The van der Waals surface area contributed by atoms with Crippen molar-refractivity contribution in [2.75, 3.05) is 12.1 Å². The summed E-state index contributed by atoms with van der Waals surface area (Å²) in [7, 11) is 0. The van der Waals surface area contributed by atoms with Gasteiger partial charge < -0.3 is 24.1 Å². The Morgan fingerprint density at radius 1 is 1.04 bits per heavy atom. The minimum Gasteiger partial charge on any atom is -0.467 e. The molecule has 0 fully saturated rings.